The van der Waals surface area contributed by atoms with E-state index in [0.717, 1.165) is 12.3 Å². The van der Waals surface area contributed by atoms with E-state index in [4.69, 9.17) is 5.73 Å². The summed E-state index contributed by atoms with van der Waals surface area (Å²) in [6, 6.07) is 2.29. The summed E-state index contributed by atoms with van der Waals surface area (Å²) in [5.74, 6) is 1.04. The zero-order valence-electron chi connectivity index (χ0n) is 9.91. The predicted molar refractivity (Wildman–Crippen MR) is 71.4 cm³/mol. The van der Waals surface area contributed by atoms with Crippen LogP contribution in [0.3, 0.4) is 0 Å². The first-order chi connectivity index (χ1) is 6.99. The maximum Gasteiger partial charge on any atom is 0.0482 e. The second-order valence-corrected chi connectivity index (χ2v) is 6.66. The van der Waals surface area contributed by atoms with Gasteiger partial charge in [0, 0.05) is 27.4 Å². The molecule has 0 saturated heterocycles. The molecule has 1 heterocycles. The van der Waals surface area contributed by atoms with Gasteiger partial charge in [-0.15, -0.1) is 23.1 Å². The van der Waals surface area contributed by atoms with Gasteiger partial charge in [0.15, 0.2) is 0 Å². The normalized spacial score (nSPS) is 13.5. The van der Waals surface area contributed by atoms with Gasteiger partial charge in [-0.25, -0.2) is 0 Å². The summed E-state index contributed by atoms with van der Waals surface area (Å²) in [5, 5.41) is 0.227. The minimum atomic E-state index is 0.227. The number of thioether (sulfide) groups is 1. The first kappa shape index (κ1) is 13.0. The van der Waals surface area contributed by atoms with Crippen molar-refractivity contribution >= 4 is 23.1 Å². The highest BCUT2D eigenvalue weighted by Gasteiger charge is 2.07. The molecular weight excluding hydrogens is 224 g/mol. The van der Waals surface area contributed by atoms with Gasteiger partial charge in [-0.1, -0.05) is 0 Å². The van der Waals surface area contributed by atoms with Gasteiger partial charge in [-0.3, -0.25) is 0 Å². The van der Waals surface area contributed by atoms with E-state index in [1.165, 1.54) is 15.3 Å². The standard InChI is InChI=1S/C11H20N2S2/c1-8-5-10(7-14-9(2)12)15-11(8)6-13(3)4/h5,9H,6-7,12H2,1-4H3. The molecule has 0 aliphatic rings. The number of nitrogens with zero attached hydrogens (tertiary/aromatic N) is 1. The molecule has 4 heteroatoms. The summed E-state index contributed by atoms with van der Waals surface area (Å²) in [5.41, 5.74) is 7.14. The largest absolute Gasteiger partial charge is 0.320 e. The summed E-state index contributed by atoms with van der Waals surface area (Å²) in [4.78, 5) is 5.12. The third-order valence-corrected chi connectivity index (χ3v) is 4.43. The molecule has 2 N–H and O–H groups in total. The van der Waals surface area contributed by atoms with Gasteiger partial charge in [0.25, 0.3) is 0 Å². The fourth-order valence-corrected chi connectivity index (χ4v) is 3.36. The molecule has 1 aromatic heterocycles. The average molecular weight is 244 g/mol. The number of hydrogen-bond acceptors (Lipinski definition) is 4. The second kappa shape index (κ2) is 5.89. The lowest BCUT2D eigenvalue weighted by atomic mass is 10.2. The Kier molecular flexibility index (Phi) is 5.12. The lowest BCUT2D eigenvalue weighted by Crippen LogP contribution is -2.10. The monoisotopic (exact) mass is 244 g/mol. The molecule has 0 aliphatic carbocycles. The Morgan fingerprint density at radius 3 is 2.73 bits per heavy atom. The van der Waals surface area contributed by atoms with Crippen molar-refractivity contribution in [2.24, 2.45) is 5.73 Å². The Balaban J connectivity index is 2.60. The van der Waals surface area contributed by atoms with Crippen molar-refractivity contribution in [2.75, 3.05) is 14.1 Å². The highest BCUT2D eigenvalue weighted by molar-refractivity contribution is 7.99. The van der Waals surface area contributed by atoms with Crippen LogP contribution in [0.4, 0.5) is 0 Å². The molecule has 15 heavy (non-hydrogen) atoms. The number of rotatable bonds is 5. The molecule has 0 radical (unpaired) electrons. The summed E-state index contributed by atoms with van der Waals surface area (Å²) < 4.78 is 0. The lowest BCUT2D eigenvalue weighted by Gasteiger charge is -2.07. The van der Waals surface area contributed by atoms with Crippen LogP contribution in [-0.2, 0) is 12.3 Å². The van der Waals surface area contributed by atoms with Gasteiger partial charge < -0.3 is 10.6 Å². The maximum absolute atomic E-state index is 5.73. The smallest absolute Gasteiger partial charge is 0.0482 e. The highest BCUT2D eigenvalue weighted by Crippen LogP contribution is 2.26. The molecule has 0 fully saturated rings. The van der Waals surface area contributed by atoms with Crippen molar-refractivity contribution < 1.29 is 0 Å². The molecule has 0 aromatic carbocycles. The van der Waals surface area contributed by atoms with Gasteiger partial charge in [-0.2, -0.15) is 0 Å². The summed E-state index contributed by atoms with van der Waals surface area (Å²) in [6.07, 6.45) is 0. The number of hydrogen-bond donors (Lipinski definition) is 1. The Bertz CT molecular complexity index is 306. The molecule has 1 aromatic rings. The van der Waals surface area contributed by atoms with E-state index in [9.17, 15) is 0 Å². The van der Waals surface area contributed by atoms with Crippen LogP contribution in [0.25, 0.3) is 0 Å². The summed E-state index contributed by atoms with van der Waals surface area (Å²) in [7, 11) is 4.21. The quantitative estimate of drug-likeness (QED) is 0.808. The first-order valence-electron chi connectivity index (χ1n) is 5.09. The molecular formula is C11H20N2S2. The third kappa shape index (κ3) is 4.55. The van der Waals surface area contributed by atoms with Crippen molar-refractivity contribution in [1.82, 2.24) is 4.90 Å². The van der Waals surface area contributed by atoms with Gasteiger partial charge in [0.1, 0.15) is 0 Å². The van der Waals surface area contributed by atoms with E-state index >= 15 is 0 Å². The Morgan fingerprint density at radius 2 is 2.20 bits per heavy atom. The molecule has 0 amide bonds. The van der Waals surface area contributed by atoms with Crippen molar-refractivity contribution in [1.29, 1.82) is 0 Å². The predicted octanol–water partition coefficient (Wildman–Crippen LogP) is 2.66. The molecule has 1 atom stereocenters. The SMILES string of the molecule is Cc1cc(CSC(C)N)sc1CN(C)C. The minimum absolute atomic E-state index is 0.227. The molecule has 86 valence electrons. The van der Waals surface area contributed by atoms with E-state index in [1.54, 1.807) is 11.8 Å². The fraction of sp³-hybridized carbons (Fsp3) is 0.636. The Labute approximate surface area is 101 Å². The van der Waals surface area contributed by atoms with Gasteiger partial charge >= 0.3 is 0 Å². The van der Waals surface area contributed by atoms with Gasteiger partial charge in [-0.05, 0) is 39.6 Å². The molecule has 0 aliphatic heterocycles. The minimum Gasteiger partial charge on any atom is -0.320 e. The zero-order chi connectivity index (χ0) is 11.4. The fourth-order valence-electron chi connectivity index (χ4n) is 1.32. The topological polar surface area (TPSA) is 29.3 Å². The lowest BCUT2D eigenvalue weighted by molar-refractivity contribution is 0.405. The van der Waals surface area contributed by atoms with Crippen LogP contribution < -0.4 is 5.73 Å². The van der Waals surface area contributed by atoms with E-state index < -0.39 is 0 Å². The van der Waals surface area contributed by atoms with Crippen LogP contribution in [0.1, 0.15) is 22.2 Å². The zero-order valence-corrected chi connectivity index (χ0v) is 11.5. The van der Waals surface area contributed by atoms with Crippen LogP contribution in [-0.4, -0.2) is 24.4 Å². The van der Waals surface area contributed by atoms with Crippen molar-refractivity contribution in [3.63, 3.8) is 0 Å². The highest BCUT2D eigenvalue weighted by atomic mass is 32.2. The maximum atomic E-state index is 5.73. The van der Waals surface area contributed by atoms with E-state index in [1.807, 2.05) is 18.3 Å². The third-order valence-electron chi connectivity index (χ3n) is 2.02. The van der Waals surface area contributed by atoms with E-state index in [0.29, 0.717) is 0 Å². The van der Waals surface area contributed by atoms with Gasteiger partial charge in [0.05, 0.1) is 0 Å². The number of nitrogens with two attached hydrogens (primary N) is 1. The first-order valence-corrected chi connectivity index (χ1v) is 6.95. The molecule has 0 spiro atoms. The van der Waals surface area contributed by atoms with Crippen molar-refractivity contribution in [2.45, 2.75) is 31.5 Å². The van der Waals surface area contributed by atoms with E-state index in [2.05, 4.69) is 32.0 Å². The van der Waals surface area contributed by atoms with Crippen molar-refractivity contribution in [3.8, 4) is 0 Å². The van der Waals surface area contributed by atoms with Crippen molar-refractivity contribution in [3.05, 3.63) is 21.4 Å². The van der Waals surface area contributed by atoms with Crippen LogP contribution in [0.5, 0.6) is 0 Å². The van der Waals surface area contributed by atoms with E-state index in [-0.39, 0.29) is 5.37 Å². The molecule has 0 saturated carbocycles. The van der Waals surface area contributed by atoms with Crippen LogP contribution in [0, 0.1) is 6.92 Å². The van der Waals surface area contributed by atoms with Gasteiger partial charge in [0.2, 0.25) is 0 Å². The molecule has 1 unspecified atom stereocenters. The second-order valence-electron chi connectivity index (χ2n) is 4.07. The van der Waals surface area contributed by atoms with Crippen LogP contribution >= 0.6 is 23.1 Å². The summed E-state index contributed by atoms with van der Waals surface area (Å²) in [6.45, 7) is 5.26. The Morgan fingerprint density at radius 1 is 1.53 bits per heavy atom. The van der Waals surface area contributed by atoms with Crippen LogP contribution in [0.15, 0.2) is 6.07 Å². The number of thiophene rings is 1. The number of aryl methyl sites for hydroxylation is 1. The average Bonchev–Trinajstić information content (AvgIpc) is 2.43. The molecule has 2 nitrogen and oxygen atoms in total. The van der Waals surface area contributed by atoms with Crippen LogP contribution in [0.2, 0.25) is 0 Å². The molecule has 1 rings (SSSR count). The Hall–Kier alpha value is -0.0300. The summed E-state index contributed by atoms with van der Waals surface area (Å²) >= 11 is 3.71. The molecule has 0 bridgehead atoms.